The van der Waals surface area contributed by atoms with Crippen LogP contribution in [0.4, 0.5) is 14.0 Å². The van der Waals surface area contributed by atoms with Crippen molar-refractivity contribution in [3.63, 3.8) is 0 Å². The molecule has 2 saturated heterocycles. The minimum absolute atomic E-state index is 0.0540. The number of nitrogens with zero attached hydrogens (tertiary/aromatic N) is 3. The van der Waals surface area contributed by atoms with E-state index in [-0.39, 0.29) is 36.9 Å². The van der Waals surface area contributed by atoms with E-state index in [1.807, 2.05) is 63.0 Å². The van der Waals surface area contributed by atoms with Crippen LogP contribution in [0.2, 0.25) is 0 Å². The smallest absolute Gasteiger partial charge is 0.410 e. The fourth-order valence-electron chi connectivity index (χ4n) is 7.60. The number of hydrogen-bond donors (Lipinski definition) is 1. The van der Waals surface area contributed by atoms with Gasteiger partial charge in [0, 0.05) is 50.6 Å². The molecule has 0 aromatic carbocycles. The van der Waals surface area contributed by atoms with Crippen molar-refractivity contribution < 1.29 is 38.1 Å². The Morgan fingerprint density at radius 3 is 2.40 bits per heavy atom. The van der Waals surface area contributed by atoms with Crippen molar-refractivity contribution in [1.82, 2.24) is 14.7 Å². The van der Waals surface area contributed by atoms with E-state index in [1.54, 1.807) is 0 Å². The molecule has 1 saturated carbocycles. The van der Waals surface area contributed by atoms with Crippen LogP contribution in [0.25, 0.3) is 0 Å². The second kappa shape index (κ2) is 20.2. The van der Waals surface area contributed by atoms with Gasteiger partial charge in [0.25, 0.3) is 0 Å². The van der Waals surface area contributed by atoms with Crippen LogP contribution in [0.15, 0.2) is 36.0 Å². The molecule has 3 fully saturated rings. The SMILES string of the molecule is C/C(=C\C=C\[C@@H](C)COC(=O)N1CCC[C@H]1CF)[C@H]1OC(=O)C[C@H](O)CC[C@H](C)[C@@H](OC(=O)N2CCN(C3CCCCCC3)CC2)/C=C\[C@@H]1C. The van der Waals surface area contributed by atoms with Crippen LogP contribution >= 0.6 is 0 Å². The third kappa shape index (κ3) is 12.1. The number of hydrogen-bond acceptors (Lipinski definition) is 8. The maximum atomic E-state index is 13.4. The summed E-state index contributed by atoms with van der Waals surface area (Å²) in [6, 6.07) is 0.227. The number of alkyl halides is 1. The summed E-state index contributed by atoms with van der Waals surface area (Å²) >= 11 is 0. The molecule has 0 unspecified atom stereocenters. The first kappa shape index (κ1) is 39.9. The molecule has 7 atom stereocenters. The Kier molecular flexibility index (Phi) is 16.1. The molecule has 11 heteroatoms. The van der Waals surface area contributed by atoms with E-state index in [1.165, 1.54) is 43.4 Å². The standard InChI is InChI=1S/C39H62FN3O7/c1-28(27-48-39(47)43-20-10-15-33(43)26-40)11-9-12-30(3)37-31(4)17-19-35(29(2)16-18-34(44)25-36(45)50-37)49-38(46)42-23-21-41(22-24-42)32-13-7-5-6-8-14-32/h9,11-12,17,19,28-29,31-35,37,44H,5-8,10,13-16,18,20-27H2,1-4H3/b11-9+,19-17-,30-12+/t28-,29+,31+,33+,34-,35+,37-/m1/s1. The minimum Gasteiger partial charge on any atom is -0.457 e. The number of carbonyl (C=O) groups is 3. The van der Waals surface area contributed by atoms with Gasteiger partial charge in [-0.25, -0.2) is 14.0 Å². The number of esters is 1. The first-order valence-corrected chi connectivity index (χ1v) is 19.2. The lowest BCUT2D eigenvalue weighted by Crippen LogP contribution is -2.52. The molecule has 50 heavy (non-hydrogen) atoms. The summed E-state index contributed by atoms with van der Waals surface area (Å²) in [5.74, 6) is -0.842. The predicted molar refractivity (Wildman–Crippen MR) is 191 cm³/mol. The summed E-state index contributed by atoms with van der Waals surface area (Å²) < 4.78 is 30.7. The largest absolute Gasteiger partial charge is 0.457 e. The van der Waals surface area contributed by atoms with Crippen LogP contribution in [-0.2, 0) is 19.0 Å². The number of amides is 2. The third-order valence-corrected chi connectivity index (χ3v) is 10.9. The molecule has 3 aliphatic heterocycles. The van der Waals surface area contributed by atoms with Gasteiger partial charge in [-0.05, 0) is 63.0 Å². The Hall–Kier alpha value is -2.92. The number of aliphatic hydroxyl groups is 1. The molecule has 1 aliphatic carbocycles. The lowest BCUT2D eigenvalue weighted by atomic mass is 9.92. The van der Waals surface area contributed by atoms with Crippen LogP contribution in [0.3, 0.4) is 0 Å². The van der Waals surface area contributed by atoms with Gasteiger partial charge in [0.15, 0.2) is 0 Å². The molecular formula is C39H62FN3O7. The summed E-state index contributed by atoms with van der Waals surface area (Å²) in [5.41, 5.74) is 0.804. The van der Waals surface area contributed by atoms with Gasteiger partial charge in [-0.15, -0.1) is 0 Å². The monoisotopic (exact) mass is 703 g/mol. The van der Waals surface area contributed by atoms with Crippen LogP contribution in [0.1, 0.15) is 98.3 Å². The van der Waals surface area contributed by atoms with Crippen molar-refractivity contribution in [3.8, 4) is 0 Å². The van der Waals surface area contributed by atoms with Gasteiger partial charge in [0.05, 0.1) is 25.2 Å². The highest BCUT2D eigenvalue weighted by atomic mass is 19.1. The molecular weight excluding hydrogens is 641 g/mol. The Labute approximate surface area is 299 Å². The van der Waals surface area contributed by atoms with Crippen LogP contribution < -0.4 is 0 Å². The van der Waals surface area contributed by atoms with Gasteiger partial charge in [-0.3, -0.25) is 9.69 Å². The Bertz CT molecular complexity index is 1180. The highest BCUT2D eigenvalue weighted by Gasteiger charge is 2.32. The number of carbonyl (C=O) groups excluding carboxylic acids is 3. The van der Waals surface area contributed by atoms with Crippen LogP contribution in [0, 0.1) is 17.8 Å². The number of piperazine rings is 1. The van der Waals surface area contributed by atoms with Gasteiger partial charge in [-0.1, -0.05) is 70.8 Å². The average molecular weight is 704 g/mol. The molecule has 1 N–H and O–H groups in total. The maximum absolute atomic E-state index is 13.4. The van der Waals surface area contributed by atoms with E-state index in [2.05, 4.69) is 4.90 Å². The van der Waals surface area contributed by atoms with E-state index in [4.69, 9.17) is 14.2 Å². The third-order valence-electron chi connectivity index (χ3n) is 10.9. The van der Waals surface area contributed by atoms with Gasteiger partial charge < -0.3 is 29.1 Å². The fourth-order valence-corrected chi connectivity index (χ4v) is 7.60. The topological polar surface area (TPSA) is 109 Å². The molecule has 3 heterocycles. The molecule has 0 aromatic rings. The number of aliphatic hydroxyl groups excluding tert-OH is 1. The molecule has 4 aliphatic rings. The van der Waals surface area contributed by atoms with Gasteiger partial charge in [0.1, 0.15) is 18.9 Å². The molecule has 4 rings (SSSR count). The lowest BCUT2D eigenvalue weighted by Gasteiger charge is -2.39. The number of cyclic esters (lactones) is 1. The Morgan fingerprint density at radius 1 is 0.980 bits per heavy atom. The van der Waals surface area contributed by atoms with Crippen molar-refractivity contribution in [2.24, 2.45) is 17.8 Å². The fraction of sp³-hybridized carbons (Fsp3) is 0.769. The van der Waals surface area contributed by atoms with Crippen LogP contribution in [0.5, 0.6) is 0 Å². The molecule has 0 bridgehead atoms. The second-order valence-corrected chi connectivity index (χ2v) is 15.1. The zero-order valence-corrected chi connectivity index (χ0v) is 30.8. The molecule has 282 valence electrons. The molecule has 0 radical (unpaired) electrons. The highest BCUT2D eigenvalue weighted by molar-refractivity contribution is 5.70. The highest BCUT2D eigenvalue weighted by Crippen LogP contribution is 2.27. The van der Waals surface area contributed by atoms with Crippen molar-refractivity contribution in [3.05, 3.63) is 36.0 Å². The Balaban J connectivity index is 1.36. The van der Waals surface area contributed by atoms with Crippen molar-refractivity contribution in [1.29, 1.82) is 0 Å². The maximum Gasteiger partial charge on any atom is 0.410 e. The van der Waals surface area contributed by atoms with Crippen LogP contribution in [-0.4, -0.2) is 114 Å². The van der Waals surface area contributed by atoms with E-state index >= 15 is 0 Å². The average Bonchev–Trinajstić information content (AvgIpc) is 3.43. The summed E-state index contributed by atoms with van der Waals surface area (Å²) in [5, 5.41) is 10.7. The molecule has 0 spiro atoms. The first-order valence-electron chi connectivity index (χ1n) is 19.2. The van der Waals surface area contributed by atoms with Crippen molar-refractivity contribution in [2.75, 3.05) is 46.0 Å². The minimum atomic E-state index is -0.855. The van der Waals surface area contributed by atoms with Crippen molar-refractivity contribution >= 4 is 18.2 Å². The van der Waals surface area contributed by atoms with E-state index in [9.17, 15) is 23.9 Å². The first-order chi connectivity index (χ1) is 24.0. The number of likely N-dealkylation sites (tertiary alicyclic amines) is 1. The second-order valence-electron chi connectivity index (χ2n) is 15.1. The molecule has 2 amide bonds. The quantitative estimate of drug-likeness (QED) is 0.0965. The molecule has 10 nitrogen and oxygen atoms in total. The van der Waals surface area contributed by atoms with Crippen molar-refractivity contribution in [2.45, 2.75) is 129 Å². The number of allylic oxidation sites excluding steroid dienone is 2. The number of rotatable bonds is 8. The van der Waals surface area contributed by atoms with E-state index < -0.39 is 43.1 Å². The van der Waals surface area contributed by atoms with E-state index in [0.29, 0.717) is 44.9 Å². The zero-order chi connectivity index (χ0) is 36.0. The normalized spacial score (nSPS) is 31.3. The van der Waals surface area contributed by atoms with Gasteiger partial charge in [-0.2, -0.15) is 0 Å². The zero-order valence-electron chi connectivity index (χ0n) is 30.8. The summed E-state index contributed by atoms with van der Waals surface area (Å²) in [4.78, 5) is 44.5. The van der Waals surface area contributed by atoms with E-state index in [0.717, 1.165) is 25.1 Å². The Morgan fingerprint density at radius 2 is 1.70 bits per heavy atom. The predicted octanol–water partition coefficient (Wildman–Crippen LogP) is 6.83. The lowest BCUT2D eigenvalue weighted by molar-refractivity contribution is -0.151. The number of ether oxygens (including phenoxy) is 3. The summed E-state index contributed by atoms with van der Waals surface area (Å²) in [7, 11) is 0. The molecule has 0 aromatic heterocycles. The summed E-state index contributed by atoms with van der Waals surface area (Å²) in [6.45, 7) is 11.0. The summed E-state index contributed by atoms with van der Waals surface area (Å²) in [6.07, 6.45) is 16.8. The number of halogens is 1. The van der Waals surface area contributed by atoms with Gasteiger partial charge in [0.2, 0.25) is 0 Å². The van der Waals surface area contributed by atoms with Gasteiger partial charge >= 0.3 is 18.2 Å².